The molecule has 10 atom stereocenters. The number of ether oxygens (including phenoxy) is 5. The molecule has 0 bridgehead atoms. The fourth-order valence-electron chi connectivity index (χ4n) is 4.72. The number of hydrogen-bond donors (Lipinski definition) is 5. The summed E-state index contributed by atoms with van der Waals surface area (Å²) in [6.07, 6.45) is -11.3. The van der Waals surface area contributed by atoms with Crippen LogP contribution in [0.15, 0.2) is 0 Å². The first-order valence-electron chi connectivity index (χ1n) is 11.5. The summed E-state index contributed by atoms with van der Waals surface area (Å²) in [4.78, 5) is 25.7. The van der Waals surface area contributed by atoms with Crippen LogP contribution in [-0.4, -0.2) is 142 Å². The molecule has 6 unspecified atom stereocenters. The van der Waals surface area contributed by atoms with E-state index in [2.05, 4.69) is 0 Å². The molecule has 5 N–H and O–H groups in total. The first-order valence-corrected chi connectivity index (χ1v) is 11.8. The number of methoxy groups -OCH3 is 2. The number of imide groups is 1. The second-order valence-electron chi connectivity index (χ2n) is 9.61. The Hall–Kier alpha value is -1.17. The van der Waals surface area contributed by atoms with Crippen LogP contribution >= 0.6 is 11.8 Å². The maximum absolute atomic E-state index is 12.5. The summed E-state index contributed by atoms with van der Waals surface area (Å²) in [6.45, 7) is 1.87. The average molecular weight is 543 g/mol. The van der Waals surface area contributed by atoms with Crippen LogP contribution in [-0.2, 0) is 28.5 Å². The lowest BCUT2D eigenvalue weighted by Crippen LogP contribution is -2.63. The number of carbonyl (C=O) groups excluding carboxylic acids is 2. The van der Waals surface area contributed by atoms with Gasteiger partial charge < -0.3 is 49.2 Å². The highest BCUT2D eigenvalue weighted by Gasteiger charge is 2.52. The third-order valence-electron chi connectivity index (χ3n) is 6.96. The summed E-state index contributed by atoms with van der Waals surface area (Å²) >= 11 is 5.93. The van der Waals surface area contributed by atoms with Crippen molar-refractivity contribution in [2.45, 2.75) is 80.9 Å². The van der Waals surface area contributed by atoms with Gasteiger partial charge in [0.2, 0.25) is 0 Å². The SMILES string of the molecule is CO[C@@H]1C(CO)OC(O[C@@H]2C(COCN3C(=O)N(Cl)C(C)(C)C3=O)C[C@@H](OC)C(O)C2O)[C@@H](O)C1O. The molecule has 3 fully saturated rings. The molecule has 0 aromatic heterocycles. The normalized spacial score (nSPS) is 41.3. The van der Waals surface area contributed by atoms with Crippen molar-refractivity contribution >= 4 is 23.7 Å². The molecule has 0 aromatic rings. The molecule has 2 saturated heterocycles. The number of carbonyl (C=O) groups is 2. The zero-order valence-electron chi connectivity index (χ0n) is 20.5. The van der Waals surface area contributed by atoms with E-state index in [0.717, 1.165) is 9.32 Å². The lowest BCUT2D eigenvalue weighted by molar-refractivity contribution is -0.333. The van der Waals surface area contributed by atoms with Crippen molar-refractivity contribution in [2.75, 3.05) is 34.2 Å². The Labute approximate surface area is 213 Å². The quantitative estimate of drug-likeness (QED) is 0.156. The number of urea groups is 1. The fraction of sp³-hybridized carbons (Fsp3) is 0.905. The molecule has 1 aliphatic carbocycles. The van der Waals surface area contributed by atoms with Gasteiger partial charge in [-0.2, -0.15) is 0 Å². The molecule has 36 heavy (non-hydrogen) atoms. The van der Waals surface area contributed by atoms with Crippen LogP contribution in [0.5, 0.6) is 0 Å². The summed E-state index contributed by atoms with van der Waals surface area (Å²) in [5, 5.41) is 51.8. The highest BCUT2D eigenvalue weighted by atomic mass is 35.5. The Kier molecular flexibility index (Phi) is 9.55. The van der Waals surface area contributed by atoms with Gasteiger partial charge in [-0.3, -0.25) is 4.79 Å². The van der Waals surface area contributed by atoms with Crippen LogP contribution in [0.1, 0.15) is 20.3 Å². The lowest BCUT2D eigenvalue weighted by Gasteiger charge is -2.46. The van der Waals surface area contributed by atoms with Crippen molar-refractivity contribution < 1.29 is 58.8 Å². The van der Waals surface area contributed by atoms with Gasteiger partial charge in [0.25, 0.3) is 5.91 Å². The predicted molar refractivity (Wildman–Crippen MR) is 119 cm³/mol. The van der Waals surface area contributed by atoms with Crippen LogP contribution in [0.3, 0.4) is 0 Å². The fourth-order valence-corrected chi connectivity index (χ4v) is 4.89. The van der Waals surface area contributed by atoms with Crippen molar-refractivity contribution in [1.82, 2.24) is 9.32 Å². The molecule has 0 spiro atoms. The first-order chi connectivity index (χ1) is 16.9. The zero-order chi connectivity index (χ0) is 26.9. The smallest absolute Gasteiger partial charge is 0.344 e. The summed E-state index contributed by atoms with van der Waals surface area (Å²) < 4.78 is 28.2. The maximum Gasteiger partial charge on any atom is 0.344 e. The second kappa shape index (κ2) is 11.7. The summed E-state index contributed by atoms with van der Waals surface area (Å²) in [5.74, 6) is -1.22. The number of hydrogen-bond acceptors (Lipinski definition) is 12. The third-order valence-corrected chi connectivity index (χ3v) is 7.53. The Morgan fingerprint density at radius 1 is 1.03 bits per heavy atom. The van der Waals surface area contributed by atoms with E-state index >= 15 is 0 Å². The van der Waals surface area contributed by atoms with Crippen molar-refractivity contribution in [3.8, 4) is 0 Å². The maximum atomic E-state index is 12.5. The summed E-state index contributed by atoms with van der Waals surface area (Å²) in [7, 11) is 2.65. The van der Waals surface area contributed by atoms with Gasteiger partial charge in [-0.15, -0.1) is 0 Å². The third kappa shape index (κ3) is 5.35. The summed E-state index contributed by atoms with van der Waals surface area (Å²) in [5.41, 5.74) is -1.25. The van der Waals surface area contributed by atoms with E-state index in [1.165, 1.54) is 28.1 Å². The molecule has 3 amide bonds. The molecule has 3 rings (SSSR count). The van der Waals surface area contributed by atoms with Gasteiger partial charge >= 0.3 is 6.03 Å². The van der Waals surface area contributed by atoms with E-state index in [1.54, 1.807) is 0 Å². The Morgan fingerprint density at radius 3 is 2.19 bits per heavy atom. The van der Waals surface area contributed by atoms with Crippen molar-refractivity contribution in [3.63, 3.8) is 0 Å². The minimum Gasteiger partial charge on any atom is -0.394 e. The first kappa shape index (κ1) is 29.4. The Morgan fingerprint density at radius 2 is 1.67 bits per heavy atom. The van der Waals surface area contributed by atoms with Crippen LogP contribution in [0.25, 0.3) is 0 Å². The van der Waals surface area contributed by atoms with Gasteiger partial charge in [0.15, 0.2) is 6.29 Å². The monoisotopic (exact) mass is 542 g/mol. The van der Waals surface area contributed by atoms with Crippen LogP contribution < -0.4 is 0 Å². The number of nitrogens with zero attached hydrogens (tertiary/aromatic N) is 2. The lowest BCUT2D eigenvalue weighted by atomic mass is 9.81. The standard InChI is InChI=1S/C21H35ClN2O12/c1-21(2)19(30)23(20(31)24(21)22)8-34-7-9-5-10(32-3)12(26)13(27)16(9)36-18-15(29)14(28)17(33-4)11(6-25)35-18/h9-18,25-29H,5-8H2,1-4H3/t9?,10-,11?,12?,13?,14?,15+,16-,17-,18?/m1/s1. The van der Waals surface area contributed by atoms with E-state index < -0.39 is 91.9 Å². The topological polar surface area (TPSA) is 188 Å². The highest BCUT2D eigenvalue weighted by Crippen LogP contribution is 2.34. The van der Waals surface area contributed by atoms with E-state index in [-0.39, 0.29) is 13.0 Å². The largest absolute Gasteiger partial charge is 0.394 e. The zero-order valence-corrected chi connectivity index (χ0v) is 21.2. The van der Waals surface area contributed by atoms with Crippen molar-refractivity contribution in [3.05, 3.63) is 0 Å². The Balaban J connectivity index is 1.72. The molecular formula is C21H35ClN2O12. The molecule has 2 aliphatic heterocycles. The minimum atomic E-state index is -1.60. The van der Waals surface area contributed by atoms with Crippen LogP contribution in [0.2, 0.25) is 0 Å². The van der Waals surface area contributed by atoms with E-state index in [9.17, 15) is 35.1 Å². The van der Waals surface area contributed by atoms with Gasteiger partial charge in [0.05, 0.1) is 25.4 Å². The van der Waals surface area contributed by atoms with E-state index in [0.29, 0.717) is 0 Å². The Bertz CT molecular complexity index is 788. The van der Waals surface area contributed by atoms with E-state index in [4.69, 9.17) is 35.5 Å². The van der Waals surface area contributed by atoms with Crippen LogP contribution in [0, 0.1) is 5.92 Å². The van der Waals surface area contributed by atoms with E-state index in [1.807, 2.05) is 0 Å². The molecule has 15 heteroatoms. The van der Waals surface area contributed by atoms with Gasteiger partial charge in [0, 0.05) is 31.9 Å². The molecule has 0 radical (unpaired) electrons. The molecule has 1 saturated carbocycles. The molecule has 0 aromatic carbocycles. The molecular weight excluding hydrogens is 508 g/mol. The van der Waals surface area contributed by atoms with Crippen molar-refractivity contribution in [2.24, 2.45) is 5.92 Å². The second-order valence-corrected chi connectivity index (χ2v) is 9.95. The van der Waals surface area contributed by atoms with Gasteiger partial charge in [-0.05, 0) is 20.3 Å². The highest BCUT2D eigenvalue weighted by molar-refractivity contribution is 6.27. The predicted octanol–water partition coefficient (Wildman–Crippen LogP) is -2.25. The number of aliphatic hydroxyl groups excluding tert-OH is 5. The number of halogens is 1. The van der Waals surface area contributed by atoms with Gasteiger partial charge in [0.1, 0.15) is 48.9 Å². The van der Waals surface area contributed by atoms with Gasteiger partial charge in [-0.25, -0.2) is 14.1 Å². The summed E-state index contributed by atoms with van der Waals surface area (Å²) in [6, 6.07) is -0.746. The molecule has 208 valence electrons. The van der Waals surface area contributed by atoms with Gasteiger partial charge in [-0.1, -0.05) is 0 Å². The average Bonchev–Trinajstić information content (AvgIpc) is 3.00. The molecule has 14 nitrogen and oxygen atoms in total. The number of rotatable bonds is 9. The van der Waals surface area contributed by atoms with Crippen LogP contribution in [0.4, 0.5) is 4.79 Å². The van der Waals surface area contributed by atoms with Crippen molar-refractivity contribution in [1.29, 1.82) is 0 Å². The molecule has 2 heterocycles. The molecule has 3 aliphatic rings. The number of aliphatic hydroxyl groups is 5. The minimum absolute atomic E-state index is 0.143. The number of amides is 3.